The van der Waals surface area contributed by atoms with E-state index in [0.29, 0.717) is 22.8 Å². The minimum Gasteiger partial charge on any atom is -0.398 e. The van der Waals surface area contributed by atoms with Crippen molar-refractivity contribution in [3.63, 3.8) is 0 Å². The smallest absolute Gasteiger partial charge is 0.240 e. The number of anilines is 1. The Balaban J connectivity index is 2.78. The van der Waals surface area contributed by atoms with Gasteiger partial charge in [-0.3, -0.25) is 0 Å². The number of nitrogens with one attached hydrogen (secondary N) is 1. The molecule has 0 aliphatic carbocycles. The standard InChI is InChI=1S/C12H20ClN3O2S/c1-9-11(13)7-10(8-12(9)14)19(17,18)15-5-4-6-16(2)3/h7-8,15H,4-6,14H2,1-3H3. The maximum atomic E-state index is 12.1. The van der Waals surface area contributed by atoms with E-state index < -0.39 is 10.0 Å². The molecule has 108 valence electrons. The first-order chi connectivity index (χ1) is 8.74. The quantitative estimate of drug-likeness (QED) is 0.616. The van der Waals surface area contributed by atoms with Crippen LogP contribution in [0.3, 0.4) is 0 Å². The van der Waals surface area contributed by atoms with E-state index in [4.69, 9.17) is 17.3 Å². The van der Waals surface area contributed by atoms with Crippen molar-refractivity contribution in [2.24, 2.45) is 0 Å². The first-order valence-electron chi connectivity index (χ1n) is 5.94. The van der Waals surface area contributed by atoms with Crippen molar-refractivity contribution in [1.29, 1.82) is 0 Å². The summed E-state index contributed by atoms with van der Waals surface area (Å²) >= 11 is 5.95. The van der Waals surface area contributed by atoms with Gasteiger partial charge in [0.25, 0.3) is 0 Å². The summed E-state index contributed by atoms with van der Waals surface area (Å²) in [6, 6.07) is 2.84. The molecule has 3 N–H and O–H groups in total. The highest BCUT2D eigenvalue weighted by Crippen LogP contribution is 2.25. The Morgan fingerprint density at radius 3 is 2.53 bits per heavy atom. The Kier molecular flexibility index (Phi) is 5.61. The maximum Gasteiger partial charge on any atom is 0.240 e. The molecule has 0 aromatic heterocycles. The van der Waals surface area contributed by atoms with Gasteiger partial charge in [-0.1, -0.05) is 11.6 Å². The van der Waals surface area contributed by atoms with Gasteiger partial charge in [-0.2, -0.15) is 0 Å². The van der Waals surface area contributed by atoms with E-state index in [9.17, 15) is 8.42 Å². The number of halogens is 1. The normalized spacial score (nSPS) is 12.1. The number of rotatable bonds is 6. The molecule has 0 bridgehead atoms. The van der Waals surface area contributed by atoms with Gasteiger partial charge in [-0.25, -0.2) is 13.1 Å². The number of benzene rings is 1. The van der Waals surface area contributed by atoms with Gasteiger partial charge in [0.15, 0.2) is 0 Å². The SMILES string of the molecule is Cc1c(N)cc(S(=O)(=O)NCCCN(C)C)cc1Cl. The van der Waals surface area contributed by atoms with Gasteiger partial charge in [-0.15, -0.1) is 0 Å². The van der Waals surface area contributed by atoms with E-state index in [1.165, 1.54) is 12.1 Å². The summed E-state index contributed by atoms with van der Waals surface area (Å²) in [6.07, 6.45) is 0.737. The molecule has 0 aliphatic heterocycles. The lowest BCUT2D eigenvalue weighted by atomic mass is 10.2. The van der Waals surface area contributed by atoms with Crippen molar-refractivity contribution in [2.45, 2.75) is 18.2 Å². The number of nitrogens with two attached hydrogens (primary N) is 1. The first-order valence-corrected chi connectivity index (χ1v) is 7.80. The molecule has 0 fully saturated rings. The van der Waals surface area contributed by atoms with Gasteiger partial charge in [0.05, 0.1) is 4.90 Å². The van der Waals surface area contributed by atoms with Crippen LogP contribution >= 0.6 is 11.6 Å². The van der Waals surface area contributed by atoms with Crippen LogP contribution in [0.4, 0.5) is 5.69 Å². The van der Waals surface area contributed by atoms with Crippen LogP contribution in [0.2, 0.25) is 5.02 Å². The highest BCUT2D eigenvalue weighted by molar-refractivity contribution is 7.89. The van der Waals surface area contributed by atoms with Crippen molar-refractivity contribution in [2.75, 3.05) is 32.9 Å². The highest BCUT2D eigenvalue weighted by Gasteiger charge is 2.16. The lowest BCUT2D eigenvalue weighted by Crippen LogP contribution is -2.27. The van der Waals surface area contributed by atoms with E-state index in [-0.39, 0.29) is 4.90 Å². The summed E-state index contributed by atoms with van der Waals surface area (Å²) in [5.74, 6) is 0. The summed E-state index contributed by atoms with van der Waals surface area (Å²) < 4.78 is 26.6. The minimum atomic E-state index is -3.55. The summed E-state index contributed by atoms with van der Waals surface area (Å²) in [5, 5.41) is 0.355. The molecule has 0 atom stereocenters. The Morgan fingerprint density at radius 2 is 2.00 bits per heavy atom. The van der Waals surface area contributed by atoms with Crippen LogP contribution in [0.25, 0.3) is 0 Å². The van der Waals surface area contributed by atoms with E-state index in [0.717, 1.165) is 13.0 Å². The van der Waals surface area contributed by atoms with Crippen LogP contribution in [0, 0.1) is 6.92 Å². The summed E-state index contributed by atoms with van der Waals surface area (Å²) in [7, 11) is 0.326. The maximum absolute atomic E-state index is 12.1. The third kappa shape index (κ3) is 4.65. The fourth-order valence-electron chi connectivity index (χ4n) is 1.51. The minimum absolute atomic E-state index is 0.102. The average molecular weight is 306 g/mol. The molecule has 1 rings (SSSR count). The van der Waals surface area contributed by atoms with Crippen molar-refractivity contribution < 1.29 is 8.42 Å². The number of nitrogen functional groups attached to an aromatic ring is 1. The van der Waals surface area contributed by atoms with Crippen LogP contribution in [-0.4, -0.2) is 40.5 Å². The van der Waals surface area contributed by atoms with Crippen LogP contribution in [0.15, 0.2) is 17.0 Å². The number of hydrogen-bond donors (Lipinski definition) is 2. The lowest BCUT2D eigenvalue weighted by Gasteiger charge is -2.11. The van der Waals surface area contributed by atoms with Gasteiger partial charge in [0, 0.05) is 17.3 Å². The van der Waals surface area contributed by atoms with E-state index in [1.807, 2.05) is 19.0 Å². The highest BCUT2D eigenvalue weighted by atomic mass is 35.5. The molecule has 1 aromatic carbocycles. The lowest BCUT2D eigenvalue weighted by molar-refractivity contribution is 0.400. The Bertz CT molecular complexity index is 521. The first kappa shape index (κ1) is 16.2. The van der Waals surface area contributed by atoms with Crippen LogP contribution in [0.5, 0.6) is 0 Å². The molecule has 7 heteroatoms. The molecule has 1 aromatic rings. The molecule has 19 heavy (non-hydrogen) atoms. The molecule has 5 nitrogen and oxygen atoms in total. The number of hydrogen-bond acceptors (Lipinski definition) is 4. The largest absolute Gasteiger partial charge is 0.398 e. The Morgan fingerprint density at radius 1 is 1.37 bits per heavy atom. The molecule has 0 amide bonds. The van der Waals surface area contributed by atoms with Crippen molar-refractivity contribution in [3.05, 3.63) is 22.7 Å². The Labute approximate surface area is 119 Å². The molecule has 0 radical (unpaired) electrons. The van der Waals surface area contributed by atoms with Gasteiger partial charge in [0.2, 0.25) is 10.0 Å². The summed E-state index contributed by atoms with van der Waals surface area (Å²) in [5.41, 5.74) is 6.79. The summed E-state index contributed by atoms with van der Waals surface area (Å²) in [4.78, 5) is 2.10. The molecular formula is C12H20ClN3O2S. The molecule has 0 saturated carbocycles. The third-order valence-electron chi connectivity index (χ3n) is 2.74. The second kappa shape index (κ2) is 6.56. The second-order valence-corrected chi connectivity index (χ2v) is 6.85. The zero-order valence-electron chi connectivity index (χ0n) is 11.4. The van der Waals surface area contributed by atoms with Crippen LogP contribution in [-0.2, 0) is 10.0 Å². The molecular weight excluding hydrogens is 286 g/mol. The van der Waals surface area contributed by atoms with Crippen molar-refractivity contribution in [3.8, 4) is 0 Å². The number of sulfonamides is 1. The van der Waals surface area contributed by atoms with Gasteiger partial charge in [-0.05, 0) is 51.7 Å². The molecule has 0 spiro atoms. The fourth-order valence-corrected chi connectivity index (χ4v) is 2.94. The van der Waals surface area contributed by atoms with E-state index in [2.05, 4.69) is 4.72 Å². The fraction of sp³-hybridized carbons (Fsp3) is 0.500. The van der Waals surface area contributed by atoms with E-state index in [1.54, 1.807) is 6.92 Å². The van der Waals surface area contributed by atoms with Crippen molar-refractivity contribution in [1.82, 2.24) is 9.62 Å². The number of nitrogens with zero attached hydrogens (tertiary/aromatic N) is 1. The zero-order valence-corrected chi connectivity index (χ0v) is 13.0. The predicted molar refractivity (Wildman–Crippen MR) is 79.0 cm³/mol. The van der Waals surface area contributed by atoms with Gasteiger partial charge in [0.1, 0.15) is 0 Å². The monoisotopic (exact) mass is 305 g/mol. The topological polar surface area (TPSA) is 75.4 Å². The van der Waals surface area contributed by atoms with Gasteiger partial charge < -0.3 is 10.6 Å². The van der Waals surface area contributed by atoms with Crippen molar-refractivity contribution >= 4 is 27.3 Å². The third-order valence-corrected chi connectivity index (χ3v) is 4.58. The predicted octanol–water partition coefficient (Wildman–Crippen LogP) is 1.46. The zero-order chi connectivity index (χ0) is 14.6. The van der Waals surface area contributed by atoms with E-state index >= 15 is 0 Å². The summed E-state index contributed by atoms with van der Waals surface area (Å²) in [6.45, 7) is 2.95. The average Bonchev–Trinajstić information content (AvgIpc) is 2.31. The molecule has 0 heterocycles. The molecule has 0 aliphatic rings. The Hall–Kier alpha value is -0.820. The second-order valence-electron chi connectivity index (χ2n) is 4.67. The van der Waals surface area contributed by atoms with Crippen LogP contribution < -0.4 is 10.5 Å². The molecule has 0 unspecified atom stereocenters. The molecule has 0 saturated heterocycles. The van der Waals surface area contributed by atoms with Gasteiger partial charge >= 0.3 is 0 Å². The van der Waals surface area contributed by atoms with Crippen LogP contribution in [0.1, 0.15) is 12.0 Å².